The van der Waals surface area contributed by atoms with Gasteiger partial charge in [-0.25, -0.2) is 0 Å². The van der Waals surface area contributed by atoms with Crippen molar-refractivity contribution in [3.05, 3.63) is 64.2 Å². The number of nitrogens with zero attached hydrogens (tertiary/aromatic N) is 1. The molecule has 0 saturated carbocycles. The van der Waals surface area contributed by atoms with Crippen LogP contribution >= 0.6 is 11.6 Å². The molecule has 25 heavy (non-hydrogen) atoms. The number of aryl methyl sites for hydroxylation is 1. The van der Waals surface area contributed by atoms with E-state index in [-0.39, 0.29) is 12.1 Å². The largest absolute Gasteiger partial charge is 0.482 e. The van der Waals surface area contributed by atoms with Crippen LogP contribution in [-0.4, -0.2) is 30.1 Å². The highest BCUT2D eigenvalue weighted by molar-refractivity contribution is 6.32. The van der Waals surface area contributed by atoms with E-state index in [1.54, 1.807) is 0 Å². The van der Waals surface area contributed by atoms with Crippen molar-refractivity contribution in [2.24, 2.45) is 5.73 Å². The number of halogens is 1. The lowest BCUT2D eigenvalue weighted by Gasteiger charge is -2.38. The minimum Gasteiger partial charge on any atom is -0.482 e. The molecule has 3 atom stereocenters. The summed E-state index contributed by atoms with van der Waals surface area (Å²) in [5.41, 5.74) is 9.98. The van der Waals surface area contributed by atoms with E-state index < -0.39 is 0 Å². The maximum Gasteiger partial charge on any atom is 0.141 e. The van der Waals surface area contributed by atoms with Gasteiger partial charge >= 0.3 is 0 Å². The lowest BCUT2D eigenvalue weighted by atomic mass is 10.0. The van der Waals surface area contributed by atoms with Crippen molar-refractivity contribution in [2.45, 2.75) is 44.4 Å². The minimum atomic E-state index is 0.0000926. The molecule has 4 rings (SSSR count). The third-order valence-electron chi connectivity index (χ3n) is 5.51. The molecule has 0 amide bonds. The summed E-state index contributed by atoms with van der Waals surface area (Å²) in [6, 6.07) is 15.1. The Kier molecular flexibility index (Phi) is 4.72. The summed E-state index contributed by atoms with van der Waals surface area (Å²) in [4.78, 5) is 2.52. The van der Waals surface area contributed by atoms with Crippen LogP contribution in [0, 0.1) is 6.92 Å². The second-order valence-corrected chi connectivity index (χ2v) is 7.70. The monoisotopic (exact) mass is 356 g/mol. The van der Waals surface area contributed by atoms with Crippen LogP contribution in [0.3, 0.4) is 0 Å². The zero-order valence-corrected chi connectivity index (χ0v) is 15.4. The molecule has 1 fully saturated rings. The highest BCUT2D eigenvalue weighted by atomic mass is 35.5. The first-order valence-electron chi connectivity index (χ1n) is 9.12. The molecule has 3 nitrogen and oxygen atoms in total. The molecule has 2 N–H and O–H groups in total. The van der Waals surface area contributed by atoms with Crippen LogP contribution in [0.2, 0.25) is 5.02 Å². The van der Waals surface area contributed by atoms with E-state index in [0.717, 1.165) is 43.7 Å². The standard InChI is InChI=1S/C21H25ClN2O/c1-14-6-4-10-18(22)20(14)25-21-17-9-3-2-7-15(17)12-19(21)24-11-5-8-16(23)13-24/h2-4,6-7,9-10,16,19,21H,5,8,11-13,23H2,1H3/t16-,19+,21?/m0/s1. The first kappa shape index (κ1) is 16.9. The third-order valence-corrected chi connectivity index (χ3v) is 5.80. The van der Waals surface area contributed by atoms with Crippen LogP contribution < -0.4 is 10.5 Å². The number of hydrogen-bond acceptors (Lipinski definition) is 3. The second kappa shape index (κ2) is 6.99. The van der Waals surface area contributed by atoms with Crippen molar-refractivity contribution in [1.29, 1.82) is 0 Å². The van der Waals surface area contributed by atoms with Crippen molar-refractivity contribution < 1.29 is 4.74 Å². The molecule has 2 aliphatic rings. The summed E-state index contributed by atoms with van der Waals surface area (Å²) in [5.74, 6) is 0.803. The van der Waals surface area contributed by atoms with Gasteiger partial charge in [0.15, 0.2) is 0 Å². The zero-order chi connectivity index (χ0) is 17.4. The smallest absolute Gasteiger partial charge is 0.141 e. The molecule has 1 unspecified atom stereocenters. The maximum absolute atomic E-state index is 6.55. The Hall–Kier alpha value is -1.55. The number of benzene rings is 2. The predicted molar refractivity (Wildman–Crippen MR) is 102 cm³/mol. The Labute approximate surface area is 154 Å². The average Bonchev–Trinajstić information content (AvgIpc) is 2.97. The Morgan fingerprint density at radius 1 is 1.16 bits per heavy atom. The van der Waals surface area contributed by atoms with E-state index >= 15 is 0 Å². The van der Waals surface area contributed by atoms with Crippen molar-refractivity contribution in [3.63, 3.8) is 0 Å². The molecule has 1 saturated heterocycles. The number of rotatable bonds is 3. The van der Waals surface area contributed by atoms with Gasteiger partial charge in [-0.3, -0.25) is 4.90 Å². The summed E-state index contributed by atoms with van der Waals surface area (Å²) in [7, 11) is 0. The van der Waals surface area contributed by atoms with Gasteiger partial charge < -0.3 is 10.5 Å². The van der Waals surface area contributed by atoms with Gasteiger partial charge in [0.2, 0.25) is 0 Å². The van der Waals surface area contributed by atoms with Gasteiger partial charge in [-0.15, -0.1) is 0 Å². The van der Waals surface area contributed by atoms with Crippen LogP contribution in [0.5, 0.6) is 5.75 Å². The summed E-state index contributed by atoms with van der Waals surface area (Å²) in [5, 5.41) is 0.679. The molecule has 1 heterocycles. The Morgan fingerprint density at radius 2 is 2.00 bits per heavy atom. The van der Waals surface area contributed by atoms with E-state index in [1.807, 2.05) is 25.1 Å². The lowest BCUT2D eigenvalue weighted by molar-refractivity contribution is 0.0590. The highest BCUT2D eigenvalue weighted by Gasteiger charge is 2.39. The number of hydrogen-bond donors (Lipinski definition) is 1. The SMILES string of the molecule is Cc1cccc(Cl)c1OC1c2ccccc2C[C@H]1N1CCC[C@H](N)C1. The fraction of sp³-hybridized carbons (Fsp3) is 0.429. The van der Waals surface area contributed by atoms with Gasteiger partial charge in [-0.05, 0) is 55.5 Å². The van der Waals surface area contributed by atoms with Gasteiger partial charge in [0.05, 0.1) is 11.1 Å². The van der Waals surface area contributed by atoms with Crippen molar-refractivity contribution in [2.75, 3.05) is 13.1 Å². The fourth-order valence-electron chi connectivity index (χ4n) is 4.23. The fourth-order valence-corrected chi connectivity index (χ4v) is 4.50. The van der Waals surface area contributed by atoms with E-state index in [0.29, 0.717) is 11.1 Å². The quantitative estimate of drug-likeness (QED) is 0.899. The molecule has 0 radical (unpaired) electrons. The number of likely N-dealkylation sites (tertiary alicyclic amines) is 1. The Balaban J connectivity index is 1.67. The molecule has 0 spiro atoms. The van der Waals surface area contributed by atoms with Crippen LogP contribution in [0.1, 0.15) is 35.6 Å². The number of fused-ring (bicyclic) bond motifs is 1. The normalized spacial score (nSPS) is 26.4. The average molecular weight is 357 g/mol. The van der Waals surface area contributed by atoms with Crippen LogP contribution in [0.4, 0.5) is 0 Å². The third kappa shape index (κ3) is 3.29. The Morgan fingerprint density at radius 3 is 2.80 bits per heavy atom. The second-order valence-electron chi connectivity index (χ2n) is 7.29. The van der Waals surface area contributed by atoms with Gasteiger partial charge in [0.1, 0.15) is 11.9 Å². The van der Waals surface area contributed by atoms with Crippen LogP contribution in [-0.2, 0) is 6.42 Å². The molecular formula is C21H25ClN2O. The van der Waals surface area contributed by atoms with E-state index in [1.165, 1.54) is 11.1 Å². The lowest BCUT2D eigenvalue weighted by Crippen LogP contribution is -2.49. The summed E-state index contributed by atoms with van der Waals surface area (Å²) in [6.07, 6.45) is 3.29. The van der Waals surface area contributed by atoms with E-state index in [2.05, 4.69) is 29.2 Å². The van der Waals surface area contributed by atoms with Gasteiger partial charge in [0.25, 0.3) is 0 Å². The summed E-state index contributed by atoms with van der Waals surface area (Å²) < 4.78 is 6.55. The first-order valence-corrected chi connectivity index (χ1v) is 9.50. The molecule has 1 aliphatic heterocycles. The molecule has 4 heteroatoms. The van der Waals surface area contributed by atoms with E-state index in [4.69, 9.17) is 22.1 Å². The molecule has 2 aromatic carbocycles. The number of nitrogens with two attached hydrogens (primary N) is 1. The molecule has 2 aromatic rings. The number of para-hydroxylation sites is 1. The highest BCUT2D eigenvalue weighted by Crippen LogP contribution is 2.41. The van der Waals surface area contributed by atoms with Crippen molar-refractivity contribution >= 4 is 11.6 Å². The van der Waals surface area contributed by atoms with Crippen molar-refractivity contribution in [1.82, 2.24) is 4.90 Å². The minimum absolute atomic E-state index is 0.0000926. The maximum atomic E-state index is 6.55. The number of piperidine rings is 1. The molecular weight excluding hydrogens is 332 g/mol. The van der Waals surface area contributed by atoms with Gasteiger partial charge in [-0.1, -0.05) is 48.0 Å². The molecule has 0 bridgehead atoms. The topological polar surface area (TPSA) is 38.5 Å². The summed E-state index contributed by atoms with van der Waals surface area (Å²) in [6.45, 7) is 4.08. The van der Waals surface area contributed by atoms with Crippen LogP contribution in [0.15, 0.2) is 42.5 Å². The van der Waals surface area contributed by atoms with E-state index in [9.17, 15) is 0 Å². The summed E-state index contributed by atoms with van der Waals surface area (Å²) >= 11 is 6.43. The molecule has 1 aliphatic carbocycles. The molecule has 0 aromatic heterocycles. The van der Waals surface area contributed by atoms with Gasteiger partial charge in [-0.2, -0.15) is 0 Å². The molecule has 132 valence electrons. The number of ether oxygens (including phenoxy) is 1. The first-order chi connectivity index (χ1) is 12.1. The van der Waals surface area contributed by atoms with Crippen molar-refractivity contribution in [3.8, 4) is 5.75 Å². The Bertz CT molecular complexity index is 743. The van der Waals surface area contributed by atoms with Gasteiger partial charge in [0, 0.05) is 12.6 Å². The van der Waals surface area contributed by atoms with Crippen LogP contribution in [0.25, 0.3) is 0 Å². The predicted octanol–water partition coefficient (Wildman–Crippen LogP) is 4.12. The zero-order valence-electron chi connectivity index (χ0n) is 14.6.